The number of anilines is 1. The highest BCUT2D eigenvalue weighted by molar-refractivity contribution is 6.33. The fourth-order valence-corrected chi connectivity index (χ4v) is 2.54. The quantitative estimate of drug-likeness (QED) is 0.722. The van der Waals surface area contributed by atoms with E-state index in [0.717, 1.165) is 11.1 Å². The molecule has 5 heteroatoms. The molecule has 0 fully saturated rings. The lowest BCUT2D eigenvalue weighted by Crippen LogP contribution is -1.98. The van der Waals surface area contributed by atoms with Gasteiger partial charge in [0.1, 0.15) is 11.6 Å². The largest absolute Gasteiger partial charge is 0.399 e. The van der Waals surface area contributed by atoms with Crippen LogP contribution in [0.4, 0.5) is 10.1 Å². The van der Waals surface area contributed by atoms with Crippen molar-refractivity contribution in [2.24, 2.45) is 0 Å². The molecule has 0 radical (unpaired) electrons. The average Bonchev–Trinajstić information content (AvgIpc) is 2.78. The molecule has 0 atom stereocenters. The minimum atomic E-state index is -0.302. The maximum absolute atomic E-state index is 13.3. The van der Waals surface area contributed by atoms with E-state index in [0.29, 0.717) is 28.6 Å². The average molecular weight is 290 g/mol. The fourth-order valence-electron chi connectivity index (χ4n) is 2.34. The van der Waals surface area contributed by atoms with Crippen LogP contribution < -0.4 is 5.73 Å². The molecule has 0 bridgehead atoms. The van der Waals surface area contributed by atoms with Gasteiger partial charge in [0.2, 0.25) is 0 Å². The molecule has 0 saturated carbocycles. The summed E-state index contributed by atoms with van der Waals surface area (Å²) in [7, 11) is 0. The third-order valence-electron chi connectivity index (χ3n) is 3.26. The number of benzene rings is 2. The second-order valence-corrected chi connectivity index (χ2v) is 4.96. The van der Waals surface area contributed by atoms with Crippen molar-refractivity contribution in [3.05, 3.63) is 47.2 Å². The van der Waals surface area contributed by atoms with Gasteiger partial charge in [-0.1, -0.05) is 11.6 Å². The molecule has 102 valence electrons. The Morgan fingerprint density at radius 3 is 2.80 bits per heavy atom. The zero-order chi connectivity index (χ0) is 14.3. The van der Waals surface area contributed by atoms with Gasteiger partial charge in [-0.15, -0.1) is 0 Å². The van der Waals surface area contributed by atoms with Gasteiger partial charge in [-0.05, 0) is 37.3 Å². The number of aromatic nitrogens is 2. The molecule has 2 N–H and O–H groups in total. The van der Waals surface area contributed by atoms with Crippen LogP contribution in [0.3, 0.4) is 0 Å². The lowest BCUT2D eigenvalue weighted by Gasteiger charge is -2.08. The summed E-state index contributed by atoms with van der Waals surface area (Å²) in [6.07, 6.45) is 0. The number of nitrogens with two attached hydrogens (primary N) is 1. The second-order valence-electron chi connectivity index (χ2n) is 4.55. The van der Waals surface area contributed by atoms with E-state index < -0.39 is 0 Å². The van der Waals surface area contributed by atoms with Gasteiger partial charge in [0.05, 0.1) is 16.1 Å². The van der Waals surface area contributed by atoms with Gasteiger partial charge in [0.15, 0.2) is 0 Å². The number of halogens is 2. The van der Waals surface area contributed by atoms with E-state index in [-0.39, 0.29) is 5.82 Å². The van der Waals surface area contributed by atoms with Crippen LogP contribution in [0.1, 0.15) is 6.92 Å². The van der Waals surface area contributed by atoms with Crippen LogP contribution in [-0.4, -0.2) is 9.55 Å². The molecule has 3 rings (SSSR count). The van der Waals surface area contributed by atoms with Crippen molar-refractivity contribution in [2.75, 3.05) is 5.73 Å². The Kier molecular flexibility index (Phi) is 3.10. The Morgan fingerprint density at radius 2 is 2.05 bits per heavy atom. The van der Waals surface area contributed by atoms with Crippen molar-refractivity contribution in [1.82, 2.24) is 9.55 Å². The number of fused-ring (bicyclic) bond motifs is 1. The predicted octanol–water partition coefficient (Wildman–Crippen LogP) is 4.10. The van der Waals surface area contributed by atoms with Crippen LogP contribution in [-0.2, 0) is 6.54 Å². The molecule has 0 unspecified atom stereocenters. The SMILES string of the molecule is CCn1c(-c2cc(N)ccc2Cl)nc2cc(F)ccc21. The minimum Gasteiger partial charge on any atom is -0.399 e. The molecule has 3 aromatic rings. The summed E-state index contributed by atoms with van der Waals surface area (Å²) in [6, 6.07) is 9.85. The van der Waals surface area contributed by atoms with Crippen molar-refractivity contribution in [3.8, 4) is 11.4 Å². The van der Waals surface area contributed by atoms with E-state index in [1.165, 1.54) is 12.1 Å². The number of nitrogen functional groups attached to an aromatic ring is 1. The summed E-state index contributed by atoms with van der Waals surface area (Å²) in [4.78, 5) is 4.50. The normalized spacial score (nSPS) is 11.2. The van der Waals surface area contributed by atoms with Gasteiger partial charge in [-0.3, -0.25) is 0 Å². The Bertz CT molecular complexity index is 795. The van der Waals surface area contributed by atoms with Crippen LogP contribution in [0.5, 0.6) is 0 Å². The Labute approximate surface area is 120 Å². The Morgan fingerprint density at radius 1 is 1.25 bits per heavy atom. The van der Waals surface area contributed by atoms with Crippen molar-refractivity contribution in [3.63, 3.8) is 0 Å². The zero-order valence-electron chi connectivity index (χ0n) is 10.9. The molecule has 0 aliphatic heterocycles. The molecular formula is C15H13ClFN3. The first kappa shape index (κ1) is 12.9. The maximum Gasteiger partial charge on any atom is 0.142 e. The van der Waals surface area contributed by atoms with Gasteiger partial charge < -0.3 is 10.3 Å². The molecule has 0 aliphatic carbocycles. The second kappa shape index (κ2) is 4.80. The zero-order valence-corrected chi connectivity index (χ0v) is 11.7. The monoisotopic (exact) mass is 289 g/mol. The third kappa shape index (κ3) is 2.02. The van der Waals surface area contributed by atoms with Crippen molar-refractivity contribution < 1.29 is 4.39 Å². The summed E-state index contributed by atoms with van der Waals surface area (Å²) in [6.45, 7) is 2.72. The van der Waals surface area contributed by atoms with E-state index in [4.69, 9.17) is 17.3 Å². The minimum absolute atomic E-state index is 0.302. The van der Waals surface area contributed by atoms with Crippen LogP contribution in [0.25, 0.3) is 22.4 Å². The number of nitrogens with zero attached hydrogens (tertiary/aromatic N) is 2. The topological polar surface area (TPSA) is 43.8 Å². The highest BCUT2D eigenvalue weighted by atomic mass is 35.5. The molecule has 0 spiro atoms. The Hall–Kier alpha value is -2.07. The number of imidazole rings is 1. The van der Waals surface area contributed by atoms with E-state index >= 15 is 0 Å². The van der Waals surface area contributed by atoms with Crippen LogP contribution in [0.15, 0.2) is 36.4 Å². The fraction of sp³-hybridized carbons (Fsp3) is 0.133. The molecule has 1 aromatic heterocycles. The number of aryl methyl sites for hydroxylation is 1. The van der Waals surface area contributed by atoms with Crippen molar-refractivity contribution in [2.45, 2.75) is 13.5 Å². The number of hydrogen-bond acceptors (Lipinski definition) is 2. The van der Waals surface area contributed by atoms with Crippen molar-refractivity contribution >= 4 is 28.3 Å². The summed E-state index contributed by atoms with van der Waals surface area (Å²) >= 11 is 6.24. The van der Waals surface area contributed by atoms with Crippen LogP contribution in [0.2, 0.25) is 5.02 Å². The standard InChI is InChI=1S/C15H13ClFN3/c1-2-20-14-6-3-9(17)7-13(14)19-15(20)11-8-10(18)4-5-12(11)16/h3-8H,2,18H2,1H3. The van der Waals surface area contributed by atoms with Gasteiger partial charge in [-0.25, -0.2) is 9.37 Å². The van der Waals surface area contributed by atoms with Gasteiger partial charge in [0, 0.05) is 23.9 Å². The van der Waals surface area contributed by atoms with Gasteiger partial charge in [-0.2, -0.15) is 0 Å². The summed E-state index contributed by atoms with van der Waals surface area (Å²) in [5, 5.41) is 0.574. The molecule has 20 heavy (non-hydrogen) atoms. The number of rotatable bonds is 2. The predicted molar refractivity (Wildman–Crippen MR) is 80.2 cm³/mol. The first-order chi connectivity index (χ1) is 9.60. The van der Waals surface area contributed by atoms with Gasteiger partial charge >= 0.3 is 0 Å². The molecule has 0 saturated heterocycles. The van der Waals surface area contributed by atoms with Crippen LogP contribution in [0, 0.1) is 5.82 Å². The van der Waals surface area contributed by atoms with E-state index in [9.17, 15) is 4.39 Å². The highest BCUT2D eigenvalue weighted by Crippen LogP contribution is 2.31. The third-order valence-corrected chi connectivity index (χ3v) is 3.59. The smallest absolute Gasteiger partial charge is 0.142 e. The highest BCUT2D eigenvalue weighted by Gasteiger charge is 2.14. The molecule has 0 aliphatic rings. The summed E-state index contributed by atoms with van der Waals surface area (Å²) in [5.41, 5.74) is 8.68. The number of hydrogen-bond donors (Lipinski definition) is 1. The lowest BCUT2D eigenvalue weighted by atomic mass is 10.2. The van der Waals surface area contributed by atoms with E-state index in [2.05, 4.69) is 4.98 Å². The Balaban J connectivity index is 2.32. The molecular weight excluding hydrogens is 277 g/mol. The molecule has 0 amide bonds. The van der Waals surface area contributed by atoms with Gasteiger partial charge in [0.25, 0.3) is 0 Å². The molecule has 3 nitrogen and oxygen atoms in total. The molecule has 2 aromatic carbocycles. The summed E-state index contributed by atoms with van der Waals surface area (Å²) < 4.78 is 15.3. The molecule has 1 heterocycles. The van der Waals surface area contributed by atoms with Crippen LogP contribution >= 0.6 is 11.6 Å². The lowest BCUT2D eigenvalue weighted by molar-refractivity contribution is 0.629. The maximum atomic E-state index is 13.3. The van der Waals surface area contributed by atoms with E-state index in [1.54, 1.807) is 24.3 Å². The summed E-state index contributed by atoms with van der Waals surface area (Å²) in [5.74, 6) is 0.397. The van der Waals surface area contributed by atoms with E-state index in [1.807, 2.05) is 11.5 Å². The first-order valence-electron chi connectivity index (χ1n) is 6.31. The van der Waals surface area contributed by atoms with Crippen molar-refractivity contribution in [1.29, 1.82) is 0 Å². The first-order valence-corrected chi connectivity index (χ1v) is 6.69.